The minimum atomic E-state index is -0.812. The Balaban J connectivity index is 2.84. The van der Waals surface area contributed by atoms with E-state index in [1.54, 1.807) is 44.2 Å². The monoisotopic (exact) mass is 289 g/mol. The molecule has 0 aliphatic carbocycles. The summed E-state index contributed by atoms with van der Waals surface area (Å²) in [6, 6.07) is 6.32. The molecule has 112 valence electrons. The lowest BCUT2D eigenvalue weighted by Crippen LogP contribution is -2.39. The van der Waals surface area contributed by atoms with Crippen molar-refractivity contribution in [3.8, 4) is 0 Å². The van der Waals surface area contributed by atoms with E-state index >= 15 is 0 Å². The number of nitrogens with one attached hydrogen (secondary N) is 3. The summed E-state index contributed by atoms with van der Waals surface area (Å²) in [5, 5.41) is 7.53. The van der Waals surface area contributed by atoms with Gasteiger partial charge in [-0.25, -0.2) is 0 Å². The molecule has 0 saturated heterocycles. The van der Waals surface area contributed by atoms with Gasteiger partial charge in [0.2, 0.25) is 0 Å². The van der Waals surface area contributed by atoms with Crippen LogP contribution in [0.3, 0.4) is 0 Å². The molecule has 1 aromatic rings. The fourth-order valence-electron chi connectivity index (χ4n) is 1.56. The quantitative estimate of drug-likeness (QED) is 0.559. The fraction of sp³-hybridized carbons (Fsp3) is 0.267. The number of amides is 3. The Morgan fingerprint density at radius 3 is 2.48 bits per heavy atom. The van der Waals surface area contributed by atoms with E-state index in [9.17, 15) is 14.4 Å². The Morgan fingerprint density at radius 2 is 1.86 bits per heavy atom. The highest BCUT2D eigenvalue weighted by Crippen LogP contribution is 2.14. The Hall–Kier alpha value is -2.63. The van der Waals surface area contributed by atoms with Gasteiger partial charge in [-0.3, -0.25) is 14.4 Å². The lowest BCUT2D eigenvalue weighted by molar-refractivity contribution is -0.136. The van der Waals surface area contributed by atoms with Crippen LogP contribution in [0.1, 0.15) is 24.2 Å². The normalized spacial score (nSPS) is 9.86. The first-order valence-electron chi connectivity index (χ1n) is 6.55. The maximum atomic E-state index is 11.9. The number of anilines is 1. The summed E-state index contributed by atoms with van der Waals surface area (Å²) in [5.41, 5.74) is 0.563. The molecule has 0 aliphatic heterocycles. The summed E-state index contributed by atoms with van der Waals surface area (Å²) < 4.78 is 0. The van der Waals surface area contributed by atoms with Crippen LogP contribution in [0.25, 0.3) is 0 Å². The average molecular weight is 289 g/mol. The van der Waals surface area contributed by atoms with Crippen LogP contribution in [0.5, 0.6) is 0 Å². The fourth-order valence-corrected chi connectivity index (χ4v) is 1.56. The molecule has 0 saturated carbocycles. The van der Waals surface area contributed by atoms with E-state index in [0.29, 0.717) is 6.54 Å². The van der Waals surface area contributed by atoms with E-state index in [1.807, 2.05) is 0 Å². The molecule has 3 amide bonds. The Bertz CT molecular complexity index is 553. The zero-order chi connectivity index (χ0) is 15.8. The zero-order valence-electron chi connectivity index (χ0n) is 12.1. The predicted octanol–water partition coefficient (Wildman–Crippen LogP) is 1.07. The van der Waals surface area contributed by atoms with Gasteiger partial charge in [0.15, 0.2) is 0 Å². The number of carbonyl (C=O) groups is 3. The summed E-state index contributed by atoms with van der Waals surface area (Å²) >= 11 is 0. The Labute approximate surface area is 123 Å². The van der Waals surface area contributed by atoms with Gasteiger partial charge in [-0.2, -0.15) is 0 Å². The number of para-hydroxylation sites is 1. The van der Waals surface area contributed by atoms with Gasteiger partial charge < -0.3 is 16.0 Å². The highest BCUT2D eigenvalue weighted by atomic mass is 16.2. The Morgan fingerprint density at radius 1 is 1.19 bits per heavy atom. The van der Waals surface area contributed by atoms with Gasteiger partial charge >= 0.3 is 11.8 Å². The highest BCUT2D eigenvalue weighted by molar-refractivity contribution is 6.40. The molecule has 6 nitrogen and oxygen atoms in total. The first kappa shape index (κ1) is 16.4. The molecular weight excluding hydrogens is 270 g/mol. The van der Waals surface area contributed by atoms with Crippen molar-refractivity contribution in [2.75, 3.05) is 11.9 Å². The third kappa shape index (κ3) is 5.10. The molecule has 1 aromatic carbocycles. The molecular formula is C15H19N3O3. The second-order valence-electron chi connectivity index (χ2n) is 4.63. The topological polar surface area (TPSA) is 87.3 Å². The molecule has 0 aromatic heterocycles. The van der Waals surface area contributed by atoms with Gasteiger partial charge in [0, 0.05) is 12.6 Å². The van der Waals surface area contributed by atoms with Crippen molar-refractivity contribution in [3.63, 3.8) is 0 Å². The van der Waals surface area contributed by atoms with Crippen LogP contribution in [0, 0.1) is 0 Å². The summed E-state index contributed by atoms with van der Waals surface area (Å²) in [5.74, 6) is -1.91. The first-order chi connectivity index (χ1) is 9.95. The second-order valence-corrected chi connectivity index (χ2v) is 4.63. The molecule has 1 rings (SSSR count). The maximum absolute atomic E-state index is 11.9. The Kier molecular flexibility index (Phi) is 6.13. The molecule has 0 bridgehead atoms. The van der Waals surface area contributed by atoms with Crippen molar-refractivity contribution >= 4 is 23.4 Å². The van der Waals surface area contributed by atoms with Crippen LogP contribution in [0.2, 0.25) is 0 Å². The molecule has 3 N–H and O–H groups in total. The third-order valence-corrected chi connectivity index (χ3v) is 2.45. The van der Waals surface area contributed by atoms with Gasteiger partial charge in [-0.1, -0.05) is 18.2 Å². The zero-order valence-corrected chi connectivity index (χ0v) is 12.1. The van der Waals surface area contributed by atoms with Crippen molar-refractivity contribution in [1.82, 2.24) is 10.6 Å². The number of hydrogen-bond acceptors (Lipinski definition) is 3. The minimum Gasteiger partial charge on any atom is -0.349 e. The van der Waals surface area contributed by atoms with Crippen LogP contribution in [0.4, 0.5) is 5.69 Å². The number of hydrogen-bond donors (Lipinski definition) is 3. The molecule has 0 spiro atoms. The summed E-state index contributed by atoms with van der Waals surface area (Å²) in [4.78, 5) is 35.3. The third-order valence-electron chi connectivity index (χ3n) is 2.45. The van der Waals surface area contributed by atoms with Crippen molar-refractivity contribution < 1.29 is 14.4 Å². The van der Waals surface area contributed by atoms with Crippen LogP contribution in [-0.4, -0.2) is 30.3 Å². The van der Waals surface area contributed by atoms with Crippen LogP contribution < -0.4 is 16.0 Å². The SMILES string of the molecule is C=CCNC(=O)c1ccccc1NC(=O)C(=O)NC(C)C. The first-order valence-corrected chi connectivity index (χ1v) is 6.55. The van der Waals surface area contributed by atoms with Crippen molar-refractivity contribution in [3.05, 3.63) is 42.5 Å². The summed E-state index contributed by atoms with van der Waals surface area (Å²) in [6.07, 6.45) is 1.55. The number of rotatable bonds is 5. The standard InChI is InChI=1S/C15H19N3O3/c1-4-9-16-13(19)11-7-5-6-8-12(11)18-15(21)14(20)17-10(2)3/h4-8,10H,1,9H2,2-3H3,(H,16,19)(H,17,20)(H,18,21). The number of benzene rings is 1. The molecule has 0 atom stereocenters. The largest absolute Gasteiger partial charge is 0.349 e. The molecule has 0 aliphatic rings. The van der Waals surface area contributed by atoms with Gasteiger partial charge in [-0.15, -0.1) is 6.58 Å². The van der Waals surface area contributed by atoms with Crippen LogP contribution in [-0.2, 0) is 9.59 Å². The lowest BCUT2D eigenvalue weighted by atomic mass is 10.1. The lowest BCUT2D eigenvalue weighted by Gasteiger charge is -2.12. The van der Waals surface area contributed by atoms with E-state index in [-0.39, 0.29) is 23.2 Å². The predicted molar refractivity (Wildman–Crippen MR) is 80.9 cm³/mol. The van der Waals surface area contributed by atoms with Gasteiger partial charge in [0.05, 0.1) is 11.3 Å². The molecule has 6 heteroatoms. The van der Waals surface area contributed by atoms with E-state index in [1.165, 1.54) is 0 Å². The van der Waals surface area contributed by atoms with Crippen molar-refractivity contribution in [2.45, 2.75) is 19.9 Å². The highest BCUT2D eigenvalue weighted by Gasteiger charge is 2.17. The smallest absolute Gasteiger partial charge is 0.313 e. The van der Waals surface area contributed by atoms with Crippen LogP contribution in [0.15, 0.2) is 36.9 Å². The van der Waals surface area contributed by atoms with Crippen LogP contribution >= 0.6 is 0 Å². The van der Waals surface area contributed by atoms with Gasteiger partial charge in [0.25, 0.3) is 5.91 Å². The van der Waals surface area contributed by atoms with Crippen molar-refractivity contribution in [2.24, 2.45) is 0 Å². The molecule has 0 radical (unpaired) electrons. The van der Waals surface area contributed by atoms with Gasteiger partial charge in [-0.05, 0) is 26.0 Å². The molecule has 0 heterocycles. The summed E-state index contributed by atoms with van der Waals surface area (Å²) in [7, 11) is 0. The molecule has 0 fully saturated rings. The number of carbonyl (C=O) groups excluding carboxylic acids is 3. The van der Waals surface area contributed by atoms with E-state index in [0.717, 1.165) is 0 Å². The van der Waals surface area contributed by atoms with Crippen molar-refractivity contribution in [1.29, 1.82) is 0 Å². The van der Waals surface area contributed by atoms with E-state index < -0.39 is 11.8 Å². The molecule has 21 heavy (non-hydrogen) atoms. The summed E-state index contributed by atoms with van der Waals surface area (Å²) in [6.45, 7) is 7.33. The second kappa shape index (κ2) is 7.84. The van der Waals surface area contributed by atoms with E-state index in [2.05, 4.69) is 22.5 Å². The average Bonchev–Trinajstić information content (AvgIpc) is 2.44. The molecule has 0 unspecified atom stereocenters. The van der Waals surface area contributed by atoms with Gasteiger partial charge in [0.1, 0.15) is 0 Å². The minimum absolute atomic E-state index is 0.144. The van der Waals surface area contributed by atoms with E-state index in [4.69, 9.17) is 0 Å². The maximum Gasteiger partial charge on any atom is 0.313 e.